The molecule has 5 heteroatoms. The first kappa shape index (κ1) is 32.9. The predicted molar refractivity (Wildman–Crippen MR) is 158 cm³/mol. The molecule has 0 radical (unpaired) electrons. The van der Waals surface area contributed by atoms with Gasteiger partial charge < -0.3 is 15.5 Å². The molecule has 5 nitrogen and oxygen atoms in total. The van der Waals surface area contributed by atoms with E-state index in [1.54, 1.807) is 0 Å². The fourth-order valence-electron chi connectivity index (χ4n) is 5.20. The smallest absolute Gasteiger partial charge is 0.223 e. The number of carbonyl (C=O) groups is 1. The summed E-state index contributed by atoms with van der Waals surface area (Å²) in [5, 5.41) is 0. The zero-order valence-corrected chi connectivity index (χ0v) is 24.4. The molecule has 1 atom stereocenters. The van der Waals surface area contributed by atoms with Gasteiger partial charge in [0.15, 0.2) is 0 Å². The predicted octanol–water partition coefficient (Wildman–Crippen LogP) is 8.07. The van der Waals surface area contributed by atoms with Crippen LogP contribution in [0.25, 0.3) is 0 Å². The Morgan fingerprint density at radius 1 is 0.778 bits per heavy atom. The van der Waals surface area contributed by atoms with E-state index in [0.29, 0.717) is 6.42 Å². The van der Waals surface area contributed by atoms with Crippen molar-refractivity contribution in [2.75, 3.05) is 26.2 Å². The SMILES string of the molecule is CCCCCCCCCCCCCC(N)N(CCN1C=NCC1)C(=O)CCCCCCCCCCC. The lowest BCUT2D eigenvalue weighted by Crippen LogP contribution is -2.48. The zero-order chi connectivity index (χ0) is 26.1. The number of nitrogens with zero attached hydrogens (tertiary/aromatic N) is 3. The minimum Gasteiger partial charge on any atom is -0.359 e. The Labute approximate surface area is 225 Å². The van der Waals surface area contributed by atoms with Crippen LogP contribution in [0.4, 0.5) is 0 Å². The average Bonchev–Trinajstić information content (AvgIpc) is 3.40. The summed E-state index contributed by atoms with van der Waals surface area (Å²) < 4.78 is 0. The highest BCUT2D eigenvalue weighted by molar-refractivity contribution is 5.76. The summed E-state index contributed by atoms with van der Waals surface area (Å²) in [4.78, 5) is 21.6. The zero-order valence-electron chi connectivity index (χ0n) is 24.4. The van der Waals surface area contributed by atoms with Gasteiger partial charge in [0.25, 0.3) is 0 Å². The molecule has 0 aromatic carbocycles. The highest BCUT2D eigenvalue weighted by Crippen LogP contribution is 2.15. The van der Waals surface area contributed by atoms with Crippen LogP contribution in [0.1, 0.15) is 155 Å². The van der Waals surface area contributed by atoms with Gasteiger partial charge in [-0.2, -0.15) is 0 Å². The van der Waals surface area contributed by atoms with Crippen molar-refractivity contribution in [3.63, 3.8) is 0 Å². The van der Waals surface area contributed by atoms with Crippen LogP contribution < -0.4 is 5.73 Å². The number of rotatable bonds is 26. The summed E-state index contributed by atoms with van der Waals surface area (Å²) in [5.74, 6) is 0.254. The van der Waals surface area contributed by atoms with Crippen molar-refractivity contribution >= 4 is 12.2 Å². The molecule has 0 saturated heterocycles. The van der Waals surface area contributed by atoms with Crippen molar-refractivity contribution in [1.29, 1.82) is 0 Å². The first-order valence-corrected chi connectivity index (χ1v) is 16.0. The maximum absolute atomic E-state index is 13.1. The second-order valence-corrected chi connectivity index (χ2v) is 11.1. The minimum atomic E-state index is -0.144. The van der Waals surface area contributed by atoms with E-state index in [2.05, 4.69) is 23.7 Å². The van der Waals surface area contributed by atoms with Crippen LogP contribution in [0, 0.1) is 0 Å². The van der Waals surface area contributed by atoms with Crippen LogP contribution in [-0.4, -0.2) is 54.4 Å². The molecule has 1 rings (SSSR count). The minimum absolute atomic E-state index is 0.144. The van der Waals surface area contributed by atoms with Crippen LogP contribution in [0.15, 0.2) is 4.99 Å². The topological polar surface area (TPSA) is 61.9 Å². The third-order valence-corrected chi connectivity index (χ3v) is 7.71. The number of aliphatic imine (C=N–C) groups is 1. The first-order chi connectivity index (χ1) is 17.7. The number of hydrogen-bond acceptors (Lipinski definition) is 4. The van der Waals surface area contributed by atoms with E-state index in [4.69, 9.17) is 5.73 Å². The Morgan fingerprint density at radius 3 is 1.72 bits per heavy atom. The second kappa shape index (κ2) is 24.2. The van der Waals surface area contributed by atoms with Crippen molar-refractivity contribution in [2.45, 2.75) is 161 Å². The maximum atomic E-state index is 13.1. The second-order valence-electron chi connectivity index (χ2n) is 11.1. The lowest BCUT2D eigenvalue weighted by Gasteiger charge is -2.31. The van der Waals surface area contributed by atoms with E-state index in [-0.39, 0.29) is 12.1 Å². The van der Waals surface area contributed by atoms with E-state index >= 15 is 0 Å². The molecule has 0 aromatic rings. The van der Waals surface area contributed by atoms with E-state index in [0.717, 1.165) is 45.4 Å². The Bertz CT molecular complexity index is 525. The molecule has 1 aliphatic rings. The lowest BCUT2D eigenvalue weighted by molar-refractivity contribution is -0.133. The van der Waals surface area contributed by atoms with Crippen LogP contribution in [0.2, 0.25) is 0 Å². The Morgan fingerprint density at radius 2 is 1.25 bits per heavy atom. The van der Waals surface area contributed by atoms with Gasteiger partial charge in [0.2, 0.25) is 5.91 Å². The van der Waals surface area contributed by atoms with E-state index in [1.807, 2.05) is 11.2 Å². The number of hydrogen-bond donors (Lipinski definition) is 1. The molecule has 1 unspecified atom stereocenters. The van der Waals surface area contributed by atoms with Gasteiger partial charge in [-0.3, -0.25) is 9.79 Å². The summed E-state index contributed by atoms with van der Waals surface area (Å²) in [6, 6.07) is 0. The van der Waals surface area contributed by atoms with Gasteiger partial charge in [-0.25, -0.2) is 0 Å². The Balaban J connectivity index is 2.21. The molecule has 0 saturated carbocycles. The normalized spacial score (nSPS) is 14.0. The molecule has 0 aromatic heterocycles. The molecule has 1 aliphatic heterocycles. The number of unbranched alkanes of at least 4 members (excludes halogenated alkanes) is 18. The molecule has 2 N–H and O–H groups in total. The molecule has 1 amide bonds. The molecule has 0 fully saturated rings. The van der Waals surface area contributed by atoms with E-state index in [9.17, 15) is 4.79 Å². The molecule has 212 valence electrons. The van der Waals surface area contributed by atoms with Crippen molar-refractivity contribution in [2.24, 2.45) is 10.7 Å². The largest absolute Gasteiger partial charge is 0.359 e. The molecule has 36 heavy (non-hydrogen) atoms. The summed E-state index contributed by atoms with van der Waals surface area (Å²) in [5.41, 5.74) is 6.59. The fraction of sp³-hybridized carbons (Fsp3) is 0.935. The monoisotopic (exact) mass is 506 g/mol. The molecular weight excluding hydrogens is 444 g/mol. The highest BCUT2D eigenvalue weighted by Gasteiger charge is 2.21. The van der Waals surface area contributed by atoms with Crippen molar-refractivity contribution in [3.05, 3.63) is 0 Å². The van der Waals surface area contributed by atoms with Crippen molar-refractivity contribution in [1.82, 2.24) is 9.80 Å². The van der Waals surface area contributed by atoms with Gasteiger partial charge in [0, 0.05) is 26.1 Å². The van der Waals surface area contributed by atoms with Crippen molar-refractivity contribution in [3.8, 4) is 0 Å². The highest BCUT2D eigenvalue weighted by atomic mass is 16.2. The van der Waals surface area contributed by atoms with Crippen LogP contribution in [-0.2, 0) is 4.79 Å². The summed E-state index contributed by atoms with van der Waals surface area (Å²) >= 11 is 0. The lowest BCUT2D eigenvalue weighted by atomic mass is 10.0. The Hall–Kier alpha value is -1.10. The maximum Gasteiger partial charge on any atom is 0.223 e. The molecule has 1 heterocycles. The molecule has 0 aliphatic carbocycles. The number of carbonyl (C=O) groups excluding carboxylic acids is 1. The number of nitrogens with two attached hydrogens (primary N) is 1. The molecular formula is C31H62N4O. The van der Waals surface area contributed by atoms with Crippen LogP contribution in [0.5, 0.6) is 0 Å². The number of amides is 1. The van der Waals surface area contributed by atoms with E-state index in [1.165, 1.54) is 116 Å². The third-order valence-electron chi connectivity index (χ3n) is 7.71. The van der Waals surface area contributed by atoms with Gasteiger partial charge in [0.05, 0.1) is 19.0 Å². The summed E-state index contributed by atoms with van der Waals surface area (Å²) in [7, 11) is 0. The van der Waals surface area contributed by atoms with Crippen molar-refractivity contribution < 1.29 is 4.79 Å². The van der Waals surface area contributed by atoms with Gasteiger partial charge >= 0.3 is 0 Å². The summed E-state index contributed by atoms with van der Waals surface area (Å²) in [6.07, 6.45) is 29.6. The Kier molecular flexibility index (Phi) is 22.2. The standard InChI is InChI=1S/C31H62N4O/c1-3-5-7-9-11-13-14-16-17-19-21-23-30(32)35(28-27-34-26-25-33-29-34)31(36)24-22-20-18-15-12-10-8-6-4-2/h29-30H,3-28,32H2,1-2H3. The quantitative estimate of drug-likeness (QED) is 0.0953. The first-order valence-electron chi connectivity index (χ1n) is 16.0. The molecule has 0 spiro atoms. The summed E-state index contributed by atoms with van der Waals surface area (Å²) in [6.45, 7) is 7.95. The van der Waals surface area contributed by atoms with Gasteiger partial charge in [0.1, 0.15) is 0 Å². The van der Waals surface area contributed by atoms with Gasteiger partial charge in [-0.15, -0.1) is 0 Å². The van der Waals surface area contributed by atoms with Crippen LogP contribution >= 0.6 is 0 Å². The fourth-order valence-corrected chi connectivity index (χ4v) is 5.20. The van der Waals surface area contributed by atoms with Crippen LogP contribution in [0.3, 0.4) is 0 Å². The third kappa shape index (κ3) is 18.2. The van der Waals surface area contributed by atoms with E-state index < -0.39 is 0 Å². The van der Waals surface area contributed by atoms with Gasteiger partial charge in [-0.05, 0) is 12.8 Å². The average molecular weight is 507 g/mol. The molecule has 0 bridgehead atoms. The van der Waals surface area contributed by atoms with Gasteiger partial charge in [-0.1, -0.05) is 136 Å².